The first kappa shape index (κ1) is 17.0. The predicted molar refractivity (Wildman–Crippen MR) is 85.1 cm³/mol. The Morgan fingerprint density at radius 3 is 2.76 bits per heavy atom. The molecule has 0 unspecified atom stereocenters. The third-order valence-electron chi connectivity index (χ3n) is 4.28. The monoisotopic (exact) mass is 349 g/mol. The molecule has 2 aromatic rings. The summed E-state index contributed by atoms with van der Waals surface area (Å²) in [5, 5.41) is 7.40. The minimum atomic E-state index is -2.74. The molecule has 0 radical (unpaired) electrons. The number of halogens is 2. The van der Waals surface area contributed by atoms with E-state index in [1.54, 1.807) is 6.20 Å². The van der Waals surface area contributed by atoms with Crippen LogP contribution in [0.3, 0.4) is 0 Å². The molecule has 0 amide bonds. The van der Waals surface area contributed by atoms with Gasteiger partial charge in [-0.25, -0.2) is 13.6 Å². The second-order valence-electron chi connectivity index (χ2n) is 5.99. The predicted octanol–water partition coefficient (Wildman–Crippen LogP) is 2.22. The number of carbonyl (C=O) groups is 1. The summed E-state index contributed by atoms with van der Waals surface area (Å²) in [7, 11) is 1.32. The summed E-state index contributed by atoms with van der Waals surface area (Å²) in [5.74, 6) is -0.813. The van der Waals surface area contributed by atoms with Gasteiger partial charge in [-0.3, -0.25) is 9.67 Å². The van der Waals surface area contributed by atoms with Gasteiger partial charge >= 0.3 is 5.97 Å². The lowest BCUT2D eigenvalue weighted by molar-refractivity contribution is 0.0506. The number of hydrogen-bond donors (Lipinski definition) is 1. The lowest BCUT2D eigenvalue weighted by Crippen LogP contribution is -2.31. The molecule has 0 saturated heterocycles. The number of pyridine rings is 1. The Balaban J connectivity index is 1.77. The van der Waals surface area contributed by atoms with Gasteiger partial charge in [0.2, 0.25) is 0 Å². The minimum Gasteiger partial charge on any atom is -0.384 e. The Kier molecular flexibility index (Phi) is 4.23. The highest BCUT2D eigenvalue weighted by Crippen LogP contribution is 2.48. The van der Waals surface area contributed by atoms with Crippen LogP contribution in [0, 0.1) is 6.92 Å². The van der Waals surface area contributed by atoms with Crippen molar-refractivity contribution < 1.29 is 18.4 Å². The summed E-state index contributed by atoms with van der Waals surface area (Å²) < 4.78 is 26.4. The highest BCUT2D eigenvalue weighted by molar-refractivity contribution is 5.95. The maximum Gasteiger partial charge on any atom is 0.385 e. The van der Waals surface area contributed by atoms with Gasteiger partial charge in [-0.15, -0.1) is 0 Å². The zero-order valence-electron chi connectivity index (χ0n) is 13.7. The molecule has 1 saturated carbocycles. The van der Waals surface area contributed by atoms with E-state index >= 15 is 0 Å². The fourth-order valence-electron chi connectivity index (χ4n) is 2.74. The third kappa shape index (κ3) is 3.09. The van der Waals surface area contributed by atoms with Crippen LogP contribution >= 0.6 is 0 Å². The summed E-state index contributed by atoms with van der Waals surface area (Å²) in [6.07, 6.45) is 0.421. The van der Waals surface area contributed by atoms with Crippen molar-refractivity contribution in [2.45, 2.75) is 31.6 Å². The lowest BCUT2D eigenvalue weighted by atomic mass is 9.97. The molecule has 1 fully saturated rings. The fourth-order valence-corrected chi connectivity index (χ4v) is 2.74. The zero-order chi connectivity index (χ0) is 18.2. The van der Waals surface area contributed by atoms with Gasteiger partial charge in [-0.05, 0) is 31.4 Å². The number of aromatic nitrogens is 3. The molecule has 1 aliphatic rings. The standard InChI is InChI=1S/C16H17F2N5O2/c1-9-4-3-7-20-12(9)16(5-6-16)15(19)22-25-14(24)10-8-11(13(17)18)23(2)21-10/h3-4,7-8,13H,5-6H2,1-2H3,(H2,19,22). The fraction of sp³-hybridized carbons (Fsp3) is 0.375. The Labute approximate surface area is 142 Å². The molecule has 0 bridgehead atoms. The Morgan fingerprint density at radius 2 is 2.20 bits per heavy atom. The van der Waals surface area contributed by atoms with Crippen LogP contribution in [0.25, 0.3) is 0 Å². The molecule has 0 spiro atoms. The number of nitrogens with zero attached hydrogens (tertiary/aromatic N) is 4. The molecule has 0 atom stereocenters. The van der Waals surface area contributed by atoms with Crippen LogP contribution in [0.2, 0.25) is 0 Å². The first-order valence-corrected chi connectivity index (χ1v) is 7.64. The SMILES string of the molecule is Cc1cccnc1C1(/C(N)=N/OC(=O)c2cc(C(F)F)n(C)n2)CC1. The normalized spacial score (nSPS) is 16.1. The van der Waals surface area contributed by atoms with E-state index in [-0.39, 0.29) is 17.2 Å². The van der Waals surface area contributed by atoms with Gasteiger partial charge in [-0.2, -0.15) is 5.10 Å². The van der Waals surface area contributed by atoms with E-state index < -0.39 is 17.8 Å². The van der Waals surface area contributed by atoms with Gasteiger partial charge in [-0.1, -0.05) is 11.2 Å². The zero-order valence-corrected chi connectivity index (χ0v) is 13.7. The van der Waals surface area contributed by atoms with Crippen LogP contribution in [0.1, 0.15) is 46.7 Å². The summed E-state index contributed by atoms with van der Waals surface area (Å²) in [4.78, 5) is 21.1. The largest absolute Gasteiger partial charge is 0.385 e. The molecule has 2 heterocycles. The number of oxime groups is 1. The second-order valence-corrected chi connectivity index (χ2v) is 5.99. The molecular weight excluding hydrogens is 332 g/mol. The van der Waals surface area contributed by atoms with Gasteiger partial charge in [0.1, 0.15) is 5.69 Å². The average molecular weight is 349 g/mol. The quantitative estimate of drug-likeness (QED) is 0.386. The Morgan fingerprint density at radius 1 is 1.48 bits per heavy atom. The summed E-state index contributed by atoms with van der Waals surface area (Å²) >= 11 is 0. The molecule has 3 rings (SSSR count). The second kappa shape index (κ2) is 6.23. The van der Waals surface area contributed by atoms with Crippen molar-refractivity contribution in [1.29, 1.82) is 0 Å². The van der Waals surface area contributed by atoms with Gasteiger partial charge in [0.05, 0.1) is 11.1 Å². The van der Waals surface area contributed by atoms with E-state index in [2.05, 4.69) is 15.2 Å². The molecule has 0 aromatic carbocycles. The van der Waals surface area contributed by atoms with E-state index in [1.165, 1.54) is 7.05 Å². The van der Waals surface area contributed by atoms with Crippen molar-refractivity contribution in [2.24, 2.45) is 17.9 Å². The molecule has 0 aliphatic heterocycles. The minimum absolute atomic E-state index is 0.132. The molecule has 25 heavy (non-hydrogen) atoms. The maximum absolute atomic E-state index is 12.7. The molecule has 132 valence electrons. The van der Waals surface area contributed by atoms with Crippen LogP contribution < -0.4 is 5.73 Å². The van der Waals surface area contributed by atoms with Gasteiger partial charge < -0.3 is 10.6 Å². The highest BCUT2D eigenvalue weighted by Gasteiger charge is 2.51. The molecule has 2 aromatic heterocycles. The van der Waals surface area contributed by atoms with Crippen LogP contribution in [0.5, 0.6) is 0 Å². The maximum atomic E-state index is 12.7. The smallest absolute Gasteiger partial charge is 0.384 e. The first-order valence-electron chi connectivity index (χ1n) is 7.64. The molecule has 7 nitrogen and oxygen atoms in total. The topological polar surface area (TPSA) is 95.4 Å². The van der Waals surface area contributed by atoms with E-state index in [9.17, 15) is 13.6 Å². The van der Waals surface area contributed by atoms with E-state index in [0.29, 0.717) is 0 Å². The first-order chi connectivity index (χ1) is 11.8. The van der Waals surface area contributed by atoms with Crippen LogP contribution in [-0.2, 0) is 17.3 Å². The summed E-state index contributed by atoms with van der Waals surface area (Å²) in [6, 6.07) is 4.71. The van der Waals surface area contributed by atoms with Crippen LogP contribution in [-0.4, -0.2) is 26.6 Å². The Hall–Kier alpha value is -2.84. The number of hydrogen-bond acceptors (Lipinski definition) is 5. The molecule has 1 aliphatic carbocycles. The van der Waals surface area contributed by atoms with Gasteiger partial charge in [0.25, 0.3) is 6.43 Å². The van der Waals surface area contributed by atoms with Crippen LogP contribution in [0.4, 0.5) is 8.78 Å². The highest BCUT2D eigenvalue weighted by atomic mass is 19.3. The summed E-state index contributed by atoms with van der Waals surface area (Å²) in [6.45, 7) is 1.92. The van der Waals surface area contributed by atoms with Crippen molar-refractivity contribution in [3.05, 3.63) is 47.0 Å². The van der Waals surface area contributed by atoms with Crippen molar-refractivity contribution in [3.8, 4) is 0 Å². The number of rotatable bonds is 5. The molecule has 9 heteroatoms. The lowest BCUT2D eigenvalue weighted by Gasteiger charge is -2.15. The number of amidine groups is 1. The Bertz CT molecular complexity index is 843. The third-order valence-corrected chi connectivity index (χ3v) is 4.28. The average Bonchev–Trinajstić information content (AvgIpc) is 3.28. The van der Waals surface area contributed by atoms with Gasteiger partial charge in [0, 0.05) is 19.3 Å². The number of aryl methyl sites for hydroxylation is 2. The van der Waals surface area contributed by atoms with Crippen molar-refractivity contribution in [2.75, 3.05) is 0 Å². The number of alkyl halides is 2. The molecule has 2 N–H and O–H groups in total. The van der Waals surface area contributed by atoms with Crippen molar-refractivity contribution >= 4 is 11.8 Å². The molecular formula is C16H17F2N5O2. The summed E-state index contributed by atoms with van der Waals surface area (Å²) in [5.41, 5.74) is 6.60. The van der Waals surface area contributed by atoms with E-state index in [0.717, 1.165) is 34.8 Å². The number of carbonyl (C=O) groups excluding carboxylic acids is 1. The van der Waals surface area contributed by atoms with Crippen molar-refractivity contribution in [3.63, 3.8) is 0 Å². The van der Waals surface area contributed by atoms with E-state index in [4.69, 9.17) is 10.6 Å². The van der Waals surface area contributed by atoms with Crippen molar-refractivity contribution in [1.82, 2.24) is 14.8 Å². The van der Waals surface area contributed by atoms with E-state index in [1.807, 2.05) is 19.1 Å². The van der Waals surface area contributed by atoms with Crippen LogP contribution in [0.15, 0.2) is 29.6 Å². The van der Waals surface area contributed by atoms with Gasteiger partial charge in [0.15, 0.2) is 11.5 Å². The number of nitrogens with two attached hydrogens (primary N) is 1.